The molecule has 1 aliphatic carbocycles. The molecule has 0 saturated heterocycles. The van der Waals surface area contributed by atoms with Crippen molar-refractivity contribution in [1.82, 2.24) is 9.78 Å². The fourth-order valence-electron chi connectivity index (χ4n) is 3.70. The van der Waals surface area contributed by atoms with Crippen LogP contribution in [-0.2, 0) is 12.8 Å². The number of para-hydroxylation sites is 1. The third-order valence-corrected chi connectivity index (χ3v) is 5.41. The minimum Gasteiger partial charge on any atom is -0.454 e. The number of aryl methyl sites for hydroxylation is 1. The van der Waals surface area contributed by atoms with Crippen LogP contribution in [0, 0.1) is 0 Å². The number of halogens is 1. The third-order valence-electron chi connectivity index (χ3n) is 5.06. The summed E-state index contributed by atoms with van der Waals surface area (Å²) in [5.74, 6) is 0.533. The van der Waals surface area contributed by atoms with Gasteiger partial charge in [0.05, 0.1) is 11.9 Å². The zero-order valence-electron chi connectivity index (χ0n) is 15.2. The van der Waals surface area contributed by atoms with Crippen LogP contribution in [0.4, 0.5) is 0 Å². The molecule has 2 aromatic heterocycles. The average molecular weight is 407 g/mol. The van der Waals surface area contributed by atoms with E-state index in [4.69, 9.17) is 20.8 Å². The van der Waals surface area contributed by atoms with Crippen molar-refractivity contribution < 1.29 is 9.15 Å². The van der Waals surface area contributed by atoms with E-state index in [0.717, 1.165) is 35.8 Å². The Kier molecular flexibility index (Phi) is 4.21. The van der Waals surface area contributed by atoms with Crippen molar-refractivity contribution in [3.63, 3.8) is 0 Å². The Morgan fingerprint density at radius 3 is 2.66 bits per heavy atom. The highest BCUT2D eigenvalue weighted by atomic mass is 35.5. The number of hydrogen-bond donors (Lipinski definition) is 0. The normalized spacial score (nSPS) is 12.9. The van der Waals surface area contributed by atoms with Crippen molar-refractivity contribution in [1.29, 1.82) is 0 Å². The molecule has 2 aromatic carbocycles. The lowest BCUT2D eigenvalue weighted by molar-refractivity contribution is 0.473. The maximum Gasteiger partial charge on any atom is 0.339 e. The van der Waals surface area contributed by atoms with Crippen LogP contribution >= 0.6 is 11.6 Å². The Bertz CT molecular complexity index is 1360. The number of nitrogens with zero attached hydrogens (tertiary/aromatic N) is 2. The average Bonchev–Trinajstić information content (AvgIpc) is 3.23. The van der Waals surface area contributed by atoms with Gasteiger partial charge in [-0.25, -0.2) is 4.79 Å². The first-order valence-corrected chi connectivity index (χ1v) is 9.59. The molecule has 0 radical (unpaired) electrons. The lowest BCUT2D eigenvalue weighted by atomic mass is 10.1. The van der Waals surface area contributed by atoms with Crippen LogP contribution in [-0.4, -0.2) is 9.78 Å². The second kappa shape index (κ2) is 6.90. The van der Waals surface area contributed by atoms with Gasteiger partial charge >= 0.3 is 5.63 Å². The number of hydrogen-bond acceptors (Lipinski definition) is 5. The van der Waals surface area contributed by atoms with E-state index in [1.165, 1.54) is 10.9 Å². The van der Waals surface area contributed by atoms with Crippen LogP contribution in [0.5, 0.6) is 11.5 Å². The number of aromatic nitrogens is 2. The van der Waals surface area contributed by atoms with Gasteiger partial charge in [0.2, 0.25) is 0 Å². The molecule has 0 saturated carbocycles. The summed E-state index contributed by atoms with van der Waals surface area (Å²) in [5.41, 5.74) is 2.09. The van der Waals surface area contributed by atoms with Gasteiger partial charge in [0.25, 0.3) is 5.56 Å². The highest BCUT2D eigenvalue weighted by molar-refractivity contribution is 6.31. The molecule has 29 heavy (non-hydrogen) atoms. The molecule has 0 amide bonds. The van der Waals surface area contributed by atoms with E-state index >= 15 is 0 Å². The molecule has 0 spiro atoms. The molecule has 0 aliphatic heterocycles. The fourth-order valence-corrected chi connectivity index (χ4v) is 3.86. The smallest absolute Gasteiger partial charge is 0.339 e. The first-order valence-electron chi connectivity index (χ1n) is 9.21. The van der Waals surface area contributed by atoms with Crippen molar-refractivity contribution in [2.45, 2.75) is 19.3 Å². The lowest BCUT2D eigenvalue weighted by Gasteiger charge is -2.10. The molecule has 0 N–H and O–H groups in total. The van der Waals surface area contributed by atoms with Gasteiger partial charge in [0.1, 0.15) is 11.3 Å². The molecule has 2 heterocycles. The molecule has 0 bridgehead atoms. The van der Waals surface area contributed by atoms with Crippen molar-refractivity contribution in [3.8, 4) is 17.2 Å². The van der Waals surface area contributed by atoms with E-state index in [-0.39, 0.29) is 16.4 Å². The monoisotopic (exact) mass is 406 g/mol. The SMILES string of the molecule is O=c1oc2cc(Oc3cnn(-c4ccccc4)c(=O)c3Cl)ccc2c2c1CCC2. The van der Waals surface area contributed by atoms with Crippen molar-refractivity contribution in [2.75, 3.05) is 0 Å². The van der Waals surface area contributed by atoms with Crippen LogP contribution in [0.2, 0.25) is 5.02 Å². The summed E-state index contributed by atoms with van der Waals surface area (Å²) in [6.07, 6.45) is 3.96. The minimum absolute atomic E-state index is 0.0839. The fraction of sp³-hybridized carbons (Fsp3) is 0.136. The number of benzene rings is 2. The molecule has 1 aliphatic rings. The Labute approximate surface area is 169 Å². The molecule has 7 heteroatoms. The lowest BCUT2D eigenvalue weighted by Crippen LogP contribution is -2.21. The minimum atomic E-state index is -0.486. The molecule has 0 fully saturated rings. The largest absolute Gasteiger partial charge is 0.454 e. The van der Waals surface area contributed by atoms with Gasteiger partial charge in [-0.1, -0.05) is 29.8 Å². The summed E-state index contributed by atoms with van der Waals surface area (Å²) in [4.78, 5) is 24.8. The van der Waals surface area contributed by atoms with Crippen molar-refractivity contribution >= 4 is 22.6 Å². The predicted octanol–water partition coefficient (Wildman–Crippen LogP) is 4.27. The first-order chi connectivity index (χ1) is 14.1. The van der Waals surface area contributed by atoms with E-state index in [2.05, 4.69) is 5.10 Å². The van der Waals surface area contributed by atoms with Gasteiger partial charge in [-0.3, -0.25) is 4.79 Å². The van der Waals surface area contributed by atoms with E-state index in [9.17, 15) is 9.59 Å². The summed E-state index contributed by atoms with van der Waals surface area (Å²) in [6, 6.07) is 14.2. The standard InChI is InChI=1S/C22H15ClN2O4/c23-20-19(12-24-25(21(20)26)13-5-2-1-3-6-13)28-14-9-10-16-15-7-4-8-17(15)22(27)29-18(16)11-14/h1-3,5-6,9-12H,4,7-8H2. The van der Waals surface area contributed by atoms with Gasteiger partial charge < -0.3 is 9.15 Å². The van der Waals surface area contributed by atoms with Crippen LogP contribution in [0.25, 0.3) is 16.7 Å². The van der Waals surface area contributed by atoms with Gasteiger partial charge in [-0.2, -0.15) is 9.78 Å². The van der Waals surface area contributed by atoms with Crippen molar-refractivity contribution in [3.05, 3.63) is 91.7 Å². The van der Waals surface area contributed by atoms with Crippen LogP contribution in [0.3, 0.4) is 0 Å². The van der Waals surface area contributed by atoms with E-state index in [1.54, 1.807) is 36.4 Å². The number of ether oxygens (including phenoxy) is 1. The Balaban J connectivity index is 1.53. The van der Waals surface area contributed by atoms with Crippen molar-refractivity contribution in [2.24, 2.45) is 0 Å². The Morgan fingerprint density at radius 2 is 1.83 bits per heavy atom. The molecule has 0 atom stereocenters. The Hall–Kier alpha value is -3.38. The number of rotatable bonds is 3. The molecular formula is C22H15ClN2O4. The first kappa shape index (κ1) is 17.7. The molecule has 0 unspecified atom stereocenters. The molecular weight excluding hydrogens is 392 g/mol. The molecule has 144 valence electrons. The van der Waals surface area contributed by atoms with Gasteiger partial charge in [-0.05, 0) is 49.1 Å². The van der Waals surface area contributed by atoms with Crippen LogP contribution < -0.4 is 15.9 Å². The zero-order chi connectivity index (χ0) is 20.0. The van der Waals surface area contributed by atoms with Crippen LogP contribution in [0.15, 0.2) is 68.7 Å². The maximum atomic E-state index is 12.6. The number of fused-ring (bicyclic) bond motifs is 3. The predicted molar refractivity (Wildman–Crippen MR) is 109 cm³/mol. The third kappa shape index (κ3) is 3.02. The topological polar surface area (TPSA) is 74.3 Å². The summed E-state index contributed by atoms with van der Waals surface area (Å²) < 4.78 is 12.4. The summed E-state index contributed by atoms with van der Waals surface area (Å²) >= 11 is 6.25. The van der Waals surface area contributed by atoms with Crippen LogP contribution in [0.1, 0.15) is 17.5 Å². The highest BCUT2D eigenvalue weighted by Gasteiger charge is 2.20. The highest BCUT2D eigenvalue weighted by Crippen LogP contribution is 2.32. The second-order valence-electron chi connectivity index (χ2n) is 6.84. The quantitative estimate of drug-likeness (QED) is 0.475. The maximum absolute atomic E-state index is 12.6. The van der Waals surface area contributed by atoms with Gasteiger partial charge in [-0.15, -0.1) is 0 Å². The summed E-state index contributed by atoms with van der Waals surface area (Å²) in [7, 11) is 0. The Morgan fingerprint density at radius 1 is 1.03 bits per heavy atom. The molecule has 5 rings (SSSR count). The van der Waals surface area contributed by atoms with E-state index < -0.39 is 5.56 Å². The zero-order valence-corrected chi connectivity index (χ0v) is 16.0. The van der Waals surface area contributed by atoms with Gasteiger partial charge in [0.15, 0.2) is 10.8 Å². The molecule has 4 aromatic rings. The molecule has 6 nitrogen and oxygen atoms in total. The van der Waals surface area contributed by atoms with E-state index in [1.807, 2.05) is 12.1 Å². The summed E-state index contributed by atoms with van der Waals surface area (Å²) in [5, 5.41) is 4.98. The second-order valence-corrected chi connectivity index (χ2v) is 7.21. The van der Waals surface area contributed by atoms with E-state index in [0.29, 0.717) is 17.0 Å². The summed E-state index contributed by atoms with van der Waals surface area (Å²) in [6.45, 7) is 0. The van der Waals surface area contributed by atoms with Gasteiger partial charge in [0, 0.05) is 17.0 Å².